The fourth-order valence-corrected chi connectivity index (χ4v) is 5.87. The van der Waals surface area contributed by atoms with Gasteiger partial charge >= 0.3 is 0 Å². The number of carbonyl (C=O) groups is 3. The van der Waals surface area contributed by atoms with Crippen molar-refractivity contribution in [3.63, 3.8) is 0 Å². The number of anilines is 1. The zero-order chi connectivity index (χ0) is 25.3. The number of amides is 2. The van der Waals surface area contributed by atoms with Crippen LogP contribution in [0.3, 0.4) is 0 Å². The number of ketones is 1. The largest absolute Gasteiger partial charge is 0.497 e. The lowest BCUT2D eigenvalue weighted by molar-refractivity contribution is -0.124. The van der Waals surface area contributed by atoms with Gasteiger partial charge in [-0.05, 0) is 47.5 Å². The maximum atomic E-state index is 14.0. The Hall–Kier alpha value is -4.66. The molecule has 0 bridgehead atoms. The third kappa shape index (κ3) is 3.03. The summed E-state index contributed by atoms with van der Waals surface area (Å²) >= 11 is 0. The summed E-state index contributed by atoms with van der Waals surface area (Å²) in [6.07, 6.45) is 1.69. The minimum absolute atomic E-state index is 0.0796. The maximum absolute atomic E-state index is 14.0. The second-order valence-corrected chi connectivity index (χ2v) is 9.34. The van der Waals surface area contributed by atoms with Crippen LogP contribution >= 0.6 is 0 Å². The molecule has 2 amide bonds. The minimum atomic E-state index is -0.941. The standard InChI is InChI=1S/C28H21N3O6/c1-35-18-9-6-15(7-10-18)26(32)25-23-22(24-19-5-3-2-4-16(19)13-29-31(24)25)27(33)30(28(23)34)17-8-11-20-21(12-17)37-14-36-20/h2-13,22-25H,14H2,1H3/t22-,23+,24?,25-/m1/s1. The van der Waals surface area contributed by atoms with E-state index in [1.54, 1.807) is 60.8 Å². The van der Waals surface area contributed by atoms with Gasteiger partial charge in [0.2, 0.25) is 18.6 Å². The molecule has 37 heavy (non-hydrogen) atoms. The fourth-order valence-electron chi connectivity index (χ4n) is 5.87. The second kappa shape index (κ2) is 7.92. The van der Waals surface area contributed by atoms with Gasteiger partial charge in [0.15, 0.2) is 17.3 Å². The number of fused-ring (bicyclic) bond motifs is 6. The van der Waals surface area contributed by atoms with Crippen LogP contribution in [-0.2, 0) is 9.59 Å². The van der Waals surface area contributed by atoms with Gasteiger partial charge in [-0.25, -0.2) is 4.90 Å². The molecule has 4 atom stereocenters. The van der Waals surface area contributed by atoms with Crippen LogP contribution in [0.15, 0.2) is 71.8 Å². The van der Waals surface area contributed by atoms with Crippen molar-refractivity contribution < 1.29 is 28.6 Å². The predicted octanol–water partition coefficient (Wildman–Crippen LogP) is 3.19. The molecule has 3 aromatic carbocycles. The molecule has 4 heterocycles. The van der Waals surface area contributed by atoms with E-state index in [1.807, 2.05) is 24.3 Å². The van der Waals surface area contributed by atoms with Crippen LogP contribution < -0.4 is 19.1 Å². The summed E-state index contributed by atoms with van der Waals surface area (Å²) in [5.41, 5.74) is 2.54. The molecule has 7 rings (SSSR count). The first-order valence-corrected chi connectivity index (χ1v) is 11.9. The Bertz CT molecular complexity index is 1500. The molecular weight excluding hydrogens is 474 g/mol. The van der Waals surface area contributed by atoms with Gasteiger partial charge in [0, 0.05) is 11.6 Å². The lowest BCUT2D eigenvalue weighted by Gasteiger charge is -2.33. The SMILES string of the molecule is COc1ccc(C(=O)[C@H]2[C@H]3C(=O)N(c4ccc5c(c4)OCO5)C(=O)[C@H]3C3c4ccccc4C=NN32)cc1. The first kappa shape index (κ1) is 21.6. The van der Waals surface area contributed by atoms with Gasteiger partial charge < -0.3 is 14.2 Å². The molecule has 1 unspecified atom stereocenters. The number of rotatable bonds is 4. The quantitative estimate of drug-likeness (QED) is 0.405. The lowest BCUT2D eigenvalue weighted by atomic mass is 9.83. The molecule has 2 fully saturated rings. The molecule has 4 aliphatic heterocycles. The van der Waals surface area contributed by atoms with E-state index in [4.69, 9.17) is 14.2 Å². The third-order valence-corrected chi connectivity index (χ3v) is 7.55. The van der Waals surface area contributed by atoms with Crippen molar-refractivity contribution in [3.8, 4) is 17.2 Å². The van der Waals surface area contributed by atoms with Crippen LogP contribution in [0.1, 0.15) is 27.5 Å². The zero-order valence-electron chi connectivity index (χ0n) is 19.7. The number of Topliss-reactive ketones (excluding diaryl/α,β-unsaturated/α-hetero) is 1. The number of hydrogen-bond acceptors (Lipinski definition) is 8. The minimum Gasteiger partial charge on any atom is -0.497 e. The van der Waals surface area contributed by atoms with Gasteiger partial charge in [0.05, 0.1) is 36.9 Å². The summed E-state index contributed by atoms with van der Waals surface area (Å²) in [4.78, 5) is 43.1. The highest BCUT2D eigenvalue weighted by Gasteiger charge is 2.65. The average molecular weight is 495 g/mol. The zero-order valence-corrected chi connectivity index (χ0v) is 19.7. The van der Waals surface area contributed by atoms with Crippen molar-refractivity contribution in [3.05, 3.63) is 83.4 Å². The van der Waals surface area contributed by atoms with Gasteiger partial charge in [0.1, 0.15) is 11.8 Å². The molecule has 0 radical (unpaired) electrons. The topological polar surface area (TPSA) is 97.7 Å². The first-order valence-electron chi connectivity index (χ1n) is 11.9. The van der Waals surface area contributed by atoms with Crippen molar-refractivity contribution in [2.45, 2.75) is 12.1 Å². The number of imide groups is 1. The van der Waals surface area contributed by atoms with E-state index in [9.17, 15) is 14.4 Å². The molecule has 3 aromatic rings. The average Bonchev–Trinajstić information content (AvgIpc) is 3.61. The number of ether oxygens (including phenoxy) is 3. The summed E-state index contributed by atoms with van der Waals surface area (Å²) in [6, 6.07) is 17.9. The molecule has 0 saturated carbocycles. The Kier molecular flexibility index (Phi) is 4.63. The van der Waals surface area contributed by atoms with Gasteiger partial charge in [-0.2, -0.15) is 5.10 Å². The molecule has 2 saturated heterocycles. The molecule has 0 aliphatic carbocycles. The summed E-state index contributed by atoms with van der Waals surface area (Å²) in [5, 5.41) is 6.24. The normalized spacial score (nSPS) is 24.7. The smallest absolute Gasteiger partial charge is 0.240 e. The van der Waals surface area contributed by atoms with Crippen LogP contribution in [0, 0.1) is 11.8 Å². The van der Waals surface area contributed by atoms with E-state index in [0.29, 0.717) is 28.5 Å². The Morgan fingerprint density at radius 3 is 2.51 bits per heavy atom. The van der Waals surface area contributed by atoms with Crippen molar-refractivity contribution in [1.29, 1.82) is 0 Å². The number of hydrazone groups is 1. The molecular formula is C28H21N3O6. The number of methoxy groups -OCH3 is 1. The van der Waals surface area contributed by atoms with E-state index in [-0.39, 0.29) is 18.5 Å². The van der Waals surface area contributed by atoms with Crippen LogP contribution in [0.2, 0.25) is 0 Å². The lowest BCUT2D eigenvalue weighted by Crippen LogP contribution is -2.44. The van der Waals surface area contributed by atoms with Gasteiger partial charge in [-0.3, -0.25) is 19.4 Å². The molecule has 184 valence electrons. The van der Waals surface area contributed by atoms with Gasteiger partial charge in [0.25, 0.3) is 0 Å². The van der Waals surface area contributed by atoms with Crippen LogP contribution in [0.5, 0.6) is 17.2 Å². The molecule has 9 nitrogen and oxygen atoms in total. The number of carbonyl (C=O) groups excluding carboxylic acids is 3. The molecule has 0 aromatic heterocycles. The Balaban J connectivity index is 1.34. The Labute approximate surface area is 211 Å². The van der Waals surface area contributed by atoms with E-state index in [2.05, 4.69) is 5.10 Å². The molecule has 9 heteroatoms. The van der Waals surface area contributed by atoms with Crippen LogP contribution in [0.25, 0.3) is 0 Å². The highest BCUT2D eigenvalue weighted by Crippen LogP contribution is 2.53. The molecule has 0 spiro atoms. The predicted molar refractivity (Wildman–Crippen MR) is 132 cm³/mol. The summed E-state index contributed by atoms with van der Waals surface area (Å²) in [6.45, 7) is 0.0796. The van der Waals surface area contributed by atoms with Crippen molar-refractivity contribution in [2.24, 2.45) is 16.9 Å². The van der Waals surface area contributed by atoms with E-state index in [1.165, 1.54) is 4.90 Å². The van der Waals surface area contributed by atoms with Crippen molar-refractivity contribution in [2.75, 3.05) is 18.8 Å². The maximum Gasteiger partial charge on any atom is 0.240 e. The fraction of sp³-hybridized carbons (Fsp3) is 0.214. The Morgan fingerprint density at radius 1 is 0.946 bits per heavy atom. The summed E-state index contributed by atoms with van der Waals surface area (Å²) in [5.74, 6) is -1.10. The van der Waals surface area contributed by atoms with Crippen molar-refractivity contribution in [1.82, 2.24) is 5.01 Å². The Morgan fingerprint density at radius 2 is 1.70 bits per heavy atom. The number of hydrogen-bond donors (Lipinski definition) is 0. The summed E-state index contributed by atoms with van der Waals surface area (Å²) < 4.78 is 16.1. The highest BCUT2D eigenvalue weighted by atomic mass is 16.7. The first-order chi connectivity index (χ1) is 18.1. The van der Waals surface area contributed by atoms with Crippen LogP contribution in [0.4, 0.5) is 5.69 Å². The van der Waals surface area contributed by atoms with Crippen LogP contribution in [-0.4, -0.2) is 48.8 Å². The molecule has 4 aliphatic rings. The highest BCUT2D eigenvalue weighted by molar-refractivity contribution is 6.24. The van der Waals surface area contributed by atoms with E-state index < -0.39 is 29.8 Å². The molecule has 0 N–H and O–H groups in total. The third-order valence-electron chi connectivity index (χ3n) is 7.55. The van der Waals surface area contributed by atoms with Gasteiger partial charge in [-0.15, -0.1) is 0 Å². The van der Waals surface area contributed by atoms with Gasteiger partial charge in [-0.1, -0.05) is 24.3 Å². The summed E-state index contributed by atoms with van der Waals surface area (Å²) in [7, 11) is 1.55. The van der Waals surface area contributed by atoms with E-state index >= 15 is 0 Å². The number of nitrogens with zero attached hydrogens (tertiary/aromatic N) is 3. The van der Waals surface area contributed by atoms with E-state index in [0.717, 1.165) is 11.1 Å². The van der Waals surface area contributed by atoms with Crippen molar-refractivity contribution >= 4 is 29.5 Å². The monoisotopic (exact) mass is 495 g/mol. The number of benzene rings is 3. The second-order valence-electron chi connectivity index (χ2n) is 9.34.